The minimum Gasteiger partial charge on any atom is -0.367 e. The predicted octanol–water partition coefficient (Wildman–Crippen LogP) is 3.55. The van der Waals surface area contributed by atoms with Crippen LogP contribution in [0, 0.1) is 0 Å². The number of hydrogen-bond acceptors (Lipinski definition) is 2. The molecule has 0 bridgehead atoms. The van der Waals surface area contributed by atoms with E-state index in [1.165, 1.54) is 57.8 Å². The zero-order valence-corrected chi connectivity index (χ0v) is 11.9. The molecule has 3 heteroatoms. The molecule has 3 nitrogen and oxygen atoms in total. The fourth-order valence-electron chi connectivity index (χ4n) is 2.39. The van der Waals surface area contributed by atoms with E-state index >= 15 is 0 Å². The molecule has 18 heavy (non-hydrogen) atoms. The molecule has 1 heterocycles. The van der Waals surface area contributed by atoms with Gasteiger partial charge in [0.25, 0.3) is 5.91 Å². The Bertz CT molecular complexity index is 237. The van der Waals surface area contributed by atoms with E-state index in [0.29, 0.717) is 6.61 Å². The van der Waals surface area contributed by atoms with Crippen molar-refractivity contribution >= 4 is 5.91 Å². The second kappa shape index (κ2) is 8.52. The molecule has 0 spiro atoms. The SMILES string of the molecule is CCCCCCCCCCCCC1(C(N)=O)CO1. The molecule has 0 radical (unpaired) electrons. The van der Waals surface area contributed by atoms with Gasteiger partial charge in [0.15, 0.2) is 5.60 Å². The Hall–Kier alpha value is -0.570. The topological polar surface area (TPSA) is 55.6 Å². The van der Waals surface area contributed by atoms with Crippen molar-refractivity contribution < 1.29 is 9.53 Å². The smallest absolute Gasteiger partial charge is 0.252 e. The number of hydrogen-bond donors (Lipinski definition) is 1. The molecule has 1 fully saturated rings. The number of carbonyl (C=O) groups excluding carboxylic acids is 1. The largest absolute Gasteiger partial charge is 0.367 e. The maximum atomic E-state index is 11.1. The van der Waals surface area contributed by atoms with Crippen LogP contribution in [0.4, 0.5) is 0 Å². The average molecular weight is 255 g/mol. The van der Waals surface area contributed by atoms with Crippen molar-refractivity contribution in [3.05, 3.63) is 0 Å². The van der Waals surface area contributed by atoms with Gasteiger partial charge in [-0.1, -0.05) is 64.7 Å². The van der Waals surface area contributed by atoms with Crippen molar-refractivity contribution in [3.63, 3.8) is 0 Å². The number of rotatable bonds is 12. The van der Waals surface area contributed by atoms with Crippen LogP contribution in [0.15, 0.2) is 0 Å². The molecular formula is C15H29NO2. The Kier molecular flexibility index (Phi) is 7.33. The Labute approximate surface area is 111 Å². The molecular weight excluding hydrogens is 226 g/mol. The number of primary amides is 1. The van der Waals surface area contributed by atoms with E-state index in [-0.39, 0.29) is 5.91 Å². The lowest BCUT2D eigenvalue weighted by Crippen LogP contribution is -2.31. The molecule has 0 saturated carbocycles. The van der Waals surface area contributed by atoms with Crippen LogP contribution < -0.4 is 5.73 Å². The van der Waals surface area contributed by atoms with Gasteiger partial charge in [-0.3, -0.25) is 4.79 Å². The molecule has 0 aromatic heterocycles. The standard InChI is InChI=1S/C15H29NO2/c1-2-3-4-5-6-7-8-9-10-11-12-15(13-18-15)14(16)17/h2-13H2,1H3,(H2,16,17). The first-order valence-electron chi connectivity index (χ1n) is 7.65. The van der Waals surface area contributed by atoms with Gasteiger partial charge >= 0.3 is 0 Å². The first kappa shape index (κ1) is 15.5. The predicted molar refractivity (Wildman–Crippen MR) is 74.3 cm³/mol. The average Bonchev–Trinajstić information content (AvgIpc) is 3.13. The Balaban J connectivity index is 1.81. The highest BCUT2D eigenvalue weighted by Crippen LogP contribution is 2.32. The number of ether oxygens (including phenoxy) is 1. The highest BCUT2D eigenvalue weighted by atomic mass is 16.6. The Morgan fingerprint density at radius 3 is 1.83 bits per heavy atom. The molecule has 0 aliphatic carbocycles. The fourth-order valence-corrected chi connectivity index (χ4v) is 2.39. The molecule has 1 saturated heterocycles. The van der Waals surface area contributed by atoms with Gasteiger partial charge in [-0.25, -0.2) is 0 Å². The van der Waals surface area contributed by atoms with Gasteiger partial charge in [0.1, 0.15) is 0 Å². The molecule has 1 rings (SSSR count). The molecule has 1 unspecified atom stereocenters. The van der Waals surface area contributed by atoms with Crippen LogP contribution in [0.1, 0.15) is 77.6 Å². The van der Waals surface area contributed by atoms with E-state index in [9.17, 15) is 4.79 Å². The summed E-state index contributed by atoms with van der Waals surface area (Å²) in [6.07, 6.45) is 13.9. The molecule has 1 aliphatic heterocycles. The van der Waals surface area contributed by atoms with Gasteiger partial charge in [-0.05, 0) is 12.8 Å². The van der Waals surface area contributed by atoms with Crippen molar-refractivity contribution in [2.45, 2.75) is 83.2 Å². The summed E-state index contributed by atoms with van der Waals surface area (Å²) < 4.78 is 5.17. The minimum atomic E-state index is -0.569. The monoisotopic (exact) mass is 255 g/mol. The summed E-state index contributed by atoms with van der Waals surface area (Å²) in [5.74, 6) is -0.279. The van der Waals surface area contributed by atoms with Gasteiger partial charge < -0.3 is 10.5 Å². The van der Waals surface area contributed by atoms with Crippen molar-refractivity contribution in [1.29, 1.82) is 0 Å². The summed E-state index contributed by atoms with van der Waals surface area (Å²) in [5, 5.41) is 0. The fraction of sp³-hybridized carbons (Fsp3) is 0.933. The van der Waals surface area contributed by atoms with Gasteiger partial charge in [0, 0.05) is 0 Å². The number of nitrogens with two attached hydrogens (primary N) is 1. The highest BCUT2D eigenvalue weighted by molar-refractivity contribution is 5.85. The van der Waals surface area contributed by atoms with Crippen LogP contribution in [0.25, 0.3) is 0 Å². The molecule has 0 aromatic rings. The third kappa shape index (κ3) is 5.85. The van der Waals surface area contributed by atoms with E-state index in [2.05, 4.69) is 6.92 Å². The second-order valence-corrected chi connectivity index (χ2v) is 5.58. The van der Waals surface area contributed by atoms with E-state index in [0.717, 1.165) is 12.8 Å². The van der Waals surface area contributed by atoms with Gasteiger partial charge in [0.2, 0.25) is 0 Å². The summed E-state index contributed by atoms with van der Waals surface area (Å²) in [7, 11) is 0. The summed E-state index contributed by atoms with van der Waals surface area (Å²) in [6, 6.07) is 0. The lowest BCUT2D eigenvalue weighted by molar-refractivity contribution is -0.123. The lowest BCUT2D eigenvalue weighted by Gasteiger charge is -2.06. The third-order valence-corrected chi connectivity index (χ3v) is 3.88. The maximum absolute atomic E-state index is 11.1. The summed E-state index contributed by atoms with van der Waals surface area (Å²) >= 11 is 0. The second-order valence-electron chi connectivity index (χ2n) is 5.58. The van der Waals surface area contributed by atoms with Crippen LogP contribution >= 0.6 is 0 Å². The van der Waals surface area contributed by atoms with Gasteiger partial charge in [-0.15, -0.1) is 0 Å². The van der Waals surface area contributed by atoms with E-state index in [1.54, 1.807) is 0 Å². The number of amides is 1. The van der Waals surface area contributed by atoms with Crippen LogP contribution in [-0.4, -0.2) is 18.1 Å². The summed E-state index contributed by atoms with van der Waals surface area (Å²) in [5.41, 5.74) is 4.72. The van der Waals surface area contributed by atoms with Crippen LogP contribution in [-0.2, 0) is 9.53 Å². The summed E-state index contributed by atoms with van der Waals surface area (Å²) in [6.45, 7) is 2.79. The first-order chi connectivity index (χ1) is 8.71. The van der Waals surface area contributed by atoms with Gasteiger partial charge in [-0.2, -0.15) is 0 Å². The third-order valence-electron chi connectivity index (χ3n) is 3.88. The zero-order chi connectivity index (χ0) is 13.3. The lowest BCUT2D eigenvalue weighted by atomic mass is 10.00. The van der Waals surface area contributed by atoms with Crippen LogP contribution in [0.2, 0.25) is 0 Å². The quantitative estimate of drug-likeness (QED) is 0.428. The number of epoxide rings is 1. The maximum Gasteiger partial charge on any atom is 0.252 e. The molecule has 1 atom stereocenters. The van der Waals surface area contributed by atoms with Crippen molar-refractivity contribution in [2.75, 3.05) is 6.61 Å². The van der Waals surface area contributed by atoms with Crippen LogP contribution in [0.5, 0.6) is 0 Å². The van der Waals surface area contributed by atoms with Crippen LogP contribution in [0.3, 0.4) is 0 Å². The Morgan fingerprint density at radius 2 is 1.44 bits per heavy atom. The van der Waals surface area contributed by atoms with E-state index < -0.39 is 5.60 Å². The van der Waals surface area contributed by atoms with E-state index in [1.807, 2.05) is 0 Å². The van der Waals surface area contributed by atoms with Crippen molar-refractivity contribution in [2.24, 2.45) is 5.73 Å². The first-order valence-corrected chi connectivity index (χ1v) is 7.65. The Morgan fingerprint density at radius 1 is 1.00 bits per heavy atom. The molecule has 1 amide bonds. The van der Waals surface area contributed by atoms with Crippen molar-refractivity contribution in [1.82, 2.24) is 0 Å². The minimum absolute atomic E-state index is 0.279. The van der Waals surface area contributed by atoms with Crippen molar-refractivity contribution in [3.8, 4) is 0 Å². The number of carbonyl (C=O) groups is 1. The highest BCUT2D eigenvalue weighted by Gasteiger charge is 2.49. The summed E-state index contributed by atoms with van der Waals surface area (Å²) in [4.78, 5) is 11.1. The van der Waals surface area contributed by atoms with Gasteiger partial charge in [0.05, 0.1) is 6.61 Å². The molecule has 106 valence electrons. The normalized spacial score (nSPS) is 22.1. The molecule has 1 aliphatic rings. The number of unbranched alkanes of at least 4 members (excludes halogenated alkanes) is 9. The van der Waals surface area contributed by atoms with E-state index in [4.69, 9.17) is 10.5 Å². The zero-order valence-electron chi connectivity index (χ0n) is 11.9. The molecule has 0 aromatic carbocycles. The molecule has 2 N–H and O–H groups in total.